The molecule has 0 radical (unpaired) electrons. The van der Waals surface area contributed by atoms with Crippen LogP contribution in [0.3, 0.4) is 0 Å². The Morgan fingerprint density at radius 2 is 2.00 bits per heavy atom. The molecule has 1 aliphatic heterocycles. The Morgan fingerprint density at radius 3 is 2.62 bits per heavy atom. The fourth-order valence-electron chi connectivity index (χ4n) is 3.37. The summed E-state index contributed by atoms with van der Waals surface area (Å²) in [6.07, 6.45) is 4.35. The first-order valence-electron chi connectivity index (χ1n) is 8.66. The fraction of sp³-hybridized carbons (Fsp3) is 0.579. The summed E-state index contributed by atoms with van der Waals surface area (Å²) in [6.45, 7) is 2.70. The average Bonchev–Trinajstić information content (AvgIpc) is 2.60. The van der Waals surface area contributed by atoms with Crippen molar-refractivity contribution in [2.75, 3.05) is 13.7 Å². The van der Waals surface area contributed by atoms with E-state index in [1.165, 1.54) is 0 Å². The van der Waals surface area contributed by atoms with Gasteiger partial charge in [-0.1, -0.05) is 19.1 Å². The van der Waals surface area contributed by atoms with Crippen molar-refractivity contribution in [3.8, 4) is 5.75 Å². The van der Waals surface area contributed by atoms with Gasteiger partial charge in [-0.15, -0.1) is 0 Å². The van der Waals surface area contributed by atoms with Crippen LogP contribution in [-0.4, -0.2) is 41.6 Å². The summed E-state index contributed by atoms with van der Waals surface area (Å²) in [5.74, 6) is 0.0477. The number of amides is 1. The van der Waals surface area contributed by atoms with Crippen LogP contribution in [0.2, 0.25) is 0 Å². The second-order valence-electron chi connectivity index (χ2n) is 6.57. The van der Waals surface area contributed by atoms with Gasteiger partial charge in [0.05, 0.1) is 7.11 Å². The van der Waals surface area contributed by atoms with Gasteiger partial charge in [0.2, 0.25) is 5.91 Å². The summed E-state index contributed by atoms with van der Waals surface area (Å²) in [6, 6.07) is 7.86. The number of methoxy groups -OCH3 is 1. The number of carboxylic acids is 1. The number of likely N-dealkylation sites (tertiary alicyclic amines) is 1. The number of aliphatic carboxylic acids is 1. The molecule has 0 bridgehead atoms. The van der Waals surface area contributed by atoms with Gasteiger partial charge < -0.3 is 14.7 Å². The number of nitrogens with zero attached hydrogens (tertiary/aromatic N) is 1. The smallest absolute Gasteiger partial charge is 0.303 e. The third kappa shape index (κ3) is 4.98. The van der Waals surface area contributed by atoms with E-state index in [-0.39, 0.29) is 24.3 Å². The monoisotopic (exact) mass is 333 g/mol. The van der Waals surface area contributed by atoms with Crippen LogP contribution < -0.4 is 4.74 Å². The van der Waals surface area contributed by atoms with Gasteiger partial charge in [0.1, 0.15) is 5.75 Å². The highest BCUT2D eigenvalue weighted by Crippen LogP contribution is 2.24. The number of benzene rings is 1. The molecule has 0 saturated carbocycles. The van der Waals surface area contributed by atoms with Crippen molar-refractivity contribution in [2.45, 2.75) is 51.5 Å². The van der Waals surface area contributed by atoms with Gasteiger partial charge in [0.15, 0.2) is 0 Å². The van der Waals surface area contributed by atoms with E-state index in [0.29, 0.717) is 12.8 Å². The highest BCUT2D eigenvalue weighted by atomic mass is 16.5. The fourth-order valence-corrected chi connectivity index (χ4v) is 3.37. The zero-order valence-corrected chi connectivity index (χ0v) is 14.5. The van der Waals surface area contributed by atoms with Gasteiger partial charge in [-0.05, 0) is 49.8 Å². The molecule has 0 unspecified atom stereocenters. The summed E-state index contributed by atoms with van der Waals surface area (Å²) < 4.78 is 5.15. The summed E-state index contributed by atoms with van der Waals surface area (Å²) >= 11 is 0. The lowest BCUT2D eigenvalue weighted by atomic mass is 9.94. The molecule has 5 heteroatoms. The molecule has 1 aliphatic rings. The van der Waals surface area contributed by atoms with Crippen molar-refractivity contribution >= 4 is 11.9 Å². The van der Waals surface area contributed by atoms with Crippen molar-refractivity contribution < 1.29 is 19.4 Å². The lowest BCUT2D eigenvalue weighted by Crippen LogP contribution is -2.46. The lowest BCUT2D eigenvalue weighted by molar-refractivity contribution is -0.142. The first-order chi connectivity index (χ1) is 11.5. The zero-order chi connectivity index (χ0) is 17.5. The Bertz CT molecular complexity index is 555. The standard InChI is InChI=1S/C19H27NO4/c1-14(13-15-6-9-17(24-2)10-7-15)19(23)20-12-4-3-5-16(20)8-11-18(21)22/h6-7,9-10,14,16H,3-5,8,11-13H2,1-2H3,(H,21,22)/t14-,16+/m0/s1. The minimum absolute atomic E-state index is 0.0701. The van der Waals surface area contributed by atoms with Crippen LogP contribution in [0.4, 0.5) is 0 Å². The van der Waals surface area contributed by atoms with Crippen LogP contribution in [0.15, 0.2) is 24.3 Å². The van der Waals surface area contributed by atoms with Crippen LogP contribution in [0.25, 0.3) is 0 Å². The predicted octanol–water partition coefficient (Wildman–Crippen LogP) is 3.12. The zero-order valence-electron chi connectivity index (χ0n) is 14.5. The molecule has 0 spiro atoms. The Balaban J connectivity index is 1.97. The van der Waals surface area contributed by atoms with E-state index in [4.69, 9.17) is 9.84 Å². The van der Waals surface area contributed by atoms with Crippen LogP contribution in [0.1, 0.15) is 44.6 Å². The second-order valence-corrected chi connectivity index (χ2v) is 6.57. The molecule has 2 rings (SSSR count). The summed E-state index contributed by atoms with van der Waals surface area (Å²) in [4.78, 5) is 25.6. The van der Waals surface area contributed by atoms with Crippen molar-refractivity contribution in [3.05, 3.63) is 29.8 Å². The number of ether oxygens (including phenoxy) is 1. The molecule has 0 aromatic heterocycles. The maximum atomic E-state index is 12.8. The quantitative estimate of drug-likeness (QED) is 0.832. The molecule has 0 aliphatic carbocycles. The summed E-state index contributed by atoms with van der Waals surface area (Å²) in [7, 11) is 1.63. The molecule has 24 heavy (non-hydrogen) atoms. The third-order valence-electron chi connectivity index (χ3n) is 4.72. The normalized spacial score (nSPS) is 18.9. The average molecular weight is 333 g/mol. The number of carboxylic acid groups (broad SMARTS) is 1. The maximum Gasteiger partial charge on any atom is 0.303 e. The number of carbonyl (C=O) groups excluding carboxylic acids is 1. The van der Waals surface area contributed by atoms with Crippen molar-refractivity contribution in [3.63, 3.8) is 0 Å². The van der Waals surface area contributed by atoms with E-state index in [1.807, 2.05) is 36.1 Å². The molecule has 5 nitrogen and oxygen atoms in total. The molecule has 1 amide bonds. The second kappa shape index (κ2) is 8.71. The van der Waals surface area contributed by atoms with Crippen molar-refractivity contribution in [2.24, 2.45) is 5.92 Å². The lowest BCUT2D eigenvalue weighted by Gasteiger charge is -2.37. The Labute approximate surface area is 143 Å². The number of hydrogen-bond acceptors (Lipinski definition) is 3. The number of carbonyl (C=O) groups is 2. The molecule has 1 saturated heterocycles. The third-order valence-corrected chi connectivity index (χ3v) is 4.72. The van der Waals surface area contributed by atoms with Gasteiger partial charge in [-0.3, -0.25) is 9.59 Å². The molecule has 132 valence electrons. The van der Waals surface area contributed by atoms with Crippen molar-refractivity contribution in [1.82, 2.24) is 4.90 Å². The van der Waals surface area contributed by atoms with Crippen LogP contribution in [0, 0.1) is 5.92 Å². The molecule has 1 fully saturated rings. The highest BCUT2D eigenvalue weighted by molar-refractivity contribution is 5.79. The van der Waals surface area contributed by atoms with Gasteiger partial charge >= 0.3 is 5.97 Å². The molecular formula is C19H27NO4. The van der Waals surface area contributed by atoms with E-state index < -0.39 is 5.97 Å². The first-order valence-corrected chi connectivity index (χ1v) is 8.66. The minimum atomic E-state index is -0.792. The summed E-state index contributed by atoms with van der Waals surface area (Å²) in [5, 5.41) is 8.90. The van der Waals surface area contributed by atoms with Crippen LogP contribution in [-0.2, 0) is 16.0 Å². The topological polar surface area (TPSA) is 66.8 Å². The van der Waals surface area contributed by atoms with Gasteiger partial charge in [0, 0.05) is 24.9 Å². The van der Waals surface area contributed by atoms with Gasteiger partial charge in [-0.25, -0.2) is 0 Å². The first kappa shape index (κ1) is 18.3. The molecule has 1 N–H and O–H groups in total. The maximum absolute atomic E-state index is 12.8. The van der Waals surface area contributed by atoms with Crippen molar-refractivity contribution in [1.29, 1.82) is 0 Å². The van der Waals surface area contributed by atoms with E-state index >= 15 is 0 Å². The van der Waals surface area contributed by atoms with Crippen LogP contribution >= 0.6 is 0 Å². The number of piperidine rings is 1. The summed E-state index contributed by atoms with van der Waals surface area (Å²) in [5.41, 5.74) is 1.11. The molecule has 1 aromatic carbocycles. The molecule has 1 heterocycles. The molecular weight excluding hydrogens is 306 g/mol. The van der Waals surface area contributed by atoms with E-state index in [0.717, 1.165) is 37.1 Å². The van der Waals surface area contributed by atoms with Crippen LogP contribution in [0.5, 0.6) is 5.75 Å². The Kier molecular flexibility index (Phi) is 6.64. The van der Waals surface area contributed by atoms with E-state index in [9.17, 15) is 9.59 Å². The number of rotatable bonds is 7. The highest BCUT2D eigenvalue weighted by Gasteiger charge is 2.29. The van der Waals surface area contributed by atoms with E-state index in [2.05, 4.69) is 0 Å². The largest absolute Gasteiger partial charge is 0.497 e. The molecule has 2 atom stereocenters. The Hall–Kier alpha value is -2.04. The minimum Gasteiger partial charge on any atom is -0.497 e. The predicted molar refractivity (Wildman–Crippen MR) is 92.1 cm³/mol. The SMILES string of the molecule is COc1ccc(C[C@H](C)C(=O)N2CCCC[C@@H]2CCC(=O)O)cc1. The van der Waals surface area contributed by atoms with E-state index in [1.54, 1.807) is 7.11 Å². The van der Waals surface area contributed by atoms with Gasteiger partial charge in [0.25, 0.3) is 0 Å². The molecule has 1 aromatic rings. The number of hydrogen-bond donors (Lipinski definition) is 1. The Morgan fingerprint density at radius 1 is 1.29 bits per heavy atom. The van der Waals surface area contributed by atoms with Gasteiger partial charge in [-0.2, -0.15) is 0 Å².